The van der Waals surface area contributed by atoms with Gasteiger partial charge in [0.2, 0.25) is 11.8 Å². The number of aliphatic hydroxyl groups excluding tert-OH is 1. The van der Waals surface area contributed by atoms with Crippen molar-refractivity contribution in [3.05, 3.63) is 0 Å². The van der Waals surface area contributed by atoms with Crippen LogP contribution in [0.4, 0.5) is 0 Å². The number of nitrogens with one attached hydrogen (secondary N) is 2. The van der Waals surface area contributed by atoms with E-state index in [2.05, 4.69) is 22.1 Å². The van der Waals surface area contributed by atoms with Crippen LogP contribution in [0.15, 0.2) is 0 Å². The fourth-order valence-electron chi connectivity index (χ4n) is 3.88. The Hall–Kier alpha value is -0.970. The summed E-state index contributed by atoms with van der Waals surface area (Å²) in [5, 5.41) is 15.3. The van der Waals surface area contributed by atoms with Crippen molar-refractivity contribution in [1.82, 2.24) is 10.6 Å². The molecule has 39 heavy (non-hydrogen) atoms. The molecule has 0 fully saturated rings. The number of carbonyl (C=O) groups is 3. The third-order valence-corrected chi connectivity index (χ3v) is 7.79. The smallest absolute Gasteiger partial charge is 0.249 e. The number of amides is 2. The van der Waals surface area contributed by atoms with Crippen LogP contribution in [0.1, 0.15) is 117 Å². The van der Waals surface area contributed by atoms with E-state index in [1.165, 1.54) is 96.2 Å². The molecule has 230 valence electrons. The predicted molar refractivity (Wildman–Crippen MR) is 152 cm³/mol. The molecule has 12 heteroatoms. The van der Waals surface area contributed by atoms with Crippen molar-refractivity contribution in [2.24, 2.45) is 5.41 Å². The molecule has 0 unspecified atom stereocenters. The second-order valence-corrected chi connectivity index (χ2v) is 13.0. The van der Waals surface area contributed by atoms with Gasteiger partial charge in [0.05, 0.1) is 14.4 Å². The molecule has 0 rings (SSSR count). The third-order valence-electron chi connectivity index (χ3n) is 6.41. The number of thioether (sulfide) groups is 1. The molecule has 0 aliphatic carbocycles. The quantitative estimate of drug-likeness (QED) is 0.106. The van der Waals surface area contributed by atoms with E-state index in [0.717, 1.165) is 12.8 Å². The van der Waals surface area contributed by atoms with Crippen molar-refractivity contribution in [1.29, 1.82) is 0 Å². The number of phosphoric acid groups is 1. The number of carbonyl (C=O) groups excluding carboxylic acids is 3. The second kappa shape index (κ2) is 22.7. The molecule has 0 heterocycles. The van der Waals surface area contributed by atoms with Gasteiger partial charge in [-0.15, -0.1) is 0 Å². The number of unbranched alkanes of at least 4 members (excludes halogenated alkanes) is 12. The summed E-state index contributed by atoms with van der Waals surface area (Å²) in [6, 6.07) is 0. The van der Waals surface area contributed by atoms with E-state index in [4.69, 9.17) is 0 Å². The summed E-state index contributed by atoms with van der Waals surface area (Å²) in [7, 11) is -5.22. The lowest BCUT2D eigenvalue weighted by Crippen LogP contribution is -2.46. The Balaban J connectivity index is 3.69. The van der Waals surface area contributed by atoms with Crippen molar-refractivity contribution in [2.45, 2.75) is 123 Å². The Kier molecular flexibility index (Phi) is 22.1. The standard InChI is InChI=1S/C27H53N2O8PS/c1-4-5-6-7-8-9-10-11-12-13-14-15-16-17-24(31)39-21-20-28-23(30)18-19-29-26(33)25(32)27(2,3)22-37-38(34,35)36/h25,32H,4-22H2,1-3H3,(H,28,30)(H,29,33)(H2,34,35,36)/p-2/t25-/m0/s1. The molecule has 0 aliphatic rings. The highest BCUT2D eigenvalue weighted by atomic mass is 32.2. The van der Waals surface area contributed by atoms with E-state index in [1.54, 1.807) is 0 Å². The summed E-state index contributed by atoms with van der Waals surface area (Å²) < 4.78 is 14.8. The zero-order valence-electron chi connectivity index (χ0n) is 24.2. The Morgan fingerprint density at radius 1 is 0.846 bits per heavy atom. The van der Waals surface area contributed by atoms with Crippen LogP contribution < -0.4 is 20.4 Å². The van der Waals surface area contributed by atoms with Crippen molar-refractivity contribution in [2.75, 3.05) is 25.4 Å². The first kappa shape index (κ1) is 38.0. The van der Waals surface area contributed by atoms with Crippen LogP contribution in [-0.2, 0) is 23.5 Å². The van der Waals surface area contributed by atoms with Gasteiger partial charge in [-0.3, -0.25) is 14.4 Å². The Morgan fingerprint density at radius 3 is 1.87 bits per heavy atom. The Bertz CT molecular complexity index is 733. The Morgan fingerprint density at radius 2 is 1.36 bits per heavy atom. The predicted octanol–water partition coefficient (Wildman–Crippen LogP) is 3.58. The largest absolute Gasteiger partial charge is 0.790 e. The summed E-state index contributed by atoms with van der Waals surface area (Å²) in [4.78, 5) is 57.2. The van der Waals surface area contributed by atoms with Crippen LogP contribution in [0.2, 0.25) is 0 Å². The fraction of sp³-hybridized carbons (Fsp3) is 0.889. The van der Waals surface area contributed by atoms with Crippen molar-refractivity contribution in [3.8, 4) is 0 Å². The zero-order chi connectivity index (χ0) is 29.6. The average molecular weight is 595 g/mol. The van der Waals surface area contributed by atoms with Gasteiger partial charge in [0.15, 0.2) is 5.12 Å². The molecule has 10 nitrogen and oxygen atoms in total. The number of hydrogen-bond donors (Lipinski definition) is 3. The molecule has 0 spiro atoms. The van der Waals surface area contributed by atoms with E-state index in [0.29, 0.717) is 18.7 Å². The molecule has 2 amide bonds. The molecule has 0 bridgehead atoms. The lowest BCUT2D eigenvalue weighted by atomic mass is 9.87. The molecule has 0 aliphatic heterocycles. The molecule has 0 aromatic heterocycles. The van der Waals surface area contributed by atoms with Crippen molar-refractivity contribution < 1.29 is 38.4 Å². The van der Waals surface area contributed by atoms with Crippen LogP contribution in [0.5, 0.6) is 0 Å². The van der Waals surface area contributed by atoms with Crippen LogP contribution in [0.25, 0.3) is 0 Å². The van der Waals surface area contributed by atoms with Gasteiger partial charge in [-0.05, 0) is 6.42 Å². The minimum absolute atomic E-state index is 0.0245. The number of hydrogen-bond acceptors (Lipinski definition) is 9. The van der Waals surface area contributed by atoms with Gasteiger partial charge in [-0.2, -0.15) is 0 Å². The van der Waals surface area contributed by atoms with Crippen LogP contribution in [0.3, 0.4) is 0 Å². The van der Waals surface area contributed by atoms with Crippen LogP contribution in [0, 0.1) is 5.41 Å². The van der Waals surface area contributed by atoms with Gasteiger partial charge < -0.3 is 34.6 Å². The lowest BCUT2D eigenvalue weighted by Gasteiger charge is -2.35. The van der Waals surface area contributed by atoms with Crippen molar-refractivity contribution in [3.63, 3.8) is 0 Å². The van der Waals surface area contributed by atoms with Gasteiger partial charge in [0.25, 0.3) is 0 Å². The SMILES string of the molecule is CCCCCCCCCCCCCCCC(=O)SCCNC(=O)CCNC(=O)[C@H](O)C(C)(C)COP(=O)([O-])[O-]. The molecular weight excluding hydrogens is 543 g/mol. The van der Waals surface area contributed by atoms with Gasteiger partial charge in [0, 0.05) is 37.1 Å². The van der Waals surface area contributed by atoms with E-state index in [-0.39, 0.29) is 24.0 Å². The fourth-order valence-corrected chi connectivity index (χ4v) is 5.09. The summed E-state index contributed by atoms with van der Waals surface area (Å²) in [6.45, 7) is 4.63. The number of phosphoric ester groups is 1. The van der Waals surface area contributed by atoms with E-state index in [9.17, 15) is 33.8 Å². The first-order chi connectivity index (χ1) is 18.4. The average Bonchev–Trinajstić information content (AvgIpc) is 2.87. The third kappa shape index (κ3) is 23.4. The van der Waals surface area contributed by atoms with Gasteiger partial charge in [-0.1, -0.05) is 110 Å². The van der Waals surface area contributed by atoms with Crippen LogP contribution >= 0.6 is 19.6 Å². The first-order valence-corrected chi connectivity index (χ1v) is 16.9. The van der Waals surface area contributed by atoms with E-state index >= 15 is 0 Å². The topological polar surface area (TPSA) is 168 Å². The Labute approximate surface area is 239 Å². The zero-order valence-corrected chi connectivity index (χ0v) is 25.9. The highest BCUT2D eigenvalue weighted by molar-refractivity contribution is 8.13. The molecule has 0 radical (unpaired) electrons. The summed E-state index contributed by atoms with van der Waals surface area (Å²) >= 11 is 1.21. The second-order valence-electron chi connectivity index (χ2n) is 10.7. The molecule has 0 aromatic rings. The van der Waals surface area contributed by atoms with E-state index < -0.39 is 31.9 Å². The van der Waals surface area contributed by atoms with Crippen molar-refractivity contribution >= 4 is 36.5 Å². The maximum absolute atomic E-state index is 12.1. The summed E-state index contributed by atoms with van der Waals surface area (Å²) in [6.07, 6.45) is 15.3. The summed E-state index contributed by atoms with van der Waals surface area (Å²) in [5.41, 5.74) is -1.33. The molecular formula is C27H51N2O8PS-2. The lowest BCUT2D eigenvalue weighted by molar-refractivity contribution is -0.343. The van der Waals surface area contributed by atoms with Gasteiger partial charge >= 0.3 is 0 Å². The molecule has 0 aromatic carbocycles. The molecule has 0 saturated carbocycles. The maximum Gasteiger partial charge on any atom is 0.249 e. The normalized spacial score (nSPS) is 12.8. The molecule has 1 atom stereocenters. The number of aliphatic hydroxyl groups is 1. The van der Waals surface area contributed by atoms with E-state index in [1.807, 2.05) is 0 Å². The highest BCUT2D eigenvalue weighted by Crippen LogP contribution is 2.31. The number of rotatable bonds is 25. The minimum Gasteiger partial charge on any atom is -0.790 e. The summed E-state index contributed by atoms with van der Waals surface area (Å²) in [5.74, 6) is -0.640. The molecule has 0 saturated heterocycles. The van der Waals surface area contributed by atoms with Gasteiger partial charge in [0.1, 0.15) is 6.10 Å². The van der Waals surface area contributed by atoms with Crippen LogP contribution in [-0.4, -0.2) is 53.6 Å². The monoisotopic (exact) mass is 594 g/mol. The molecule has 3 N–H and O–H groups in total. The first-order valence-electron chi connectivity index (χ1n) is 14.4. The minimum atomic E-state index is -5.22. The maximum atomic E-state index is 12.1. The highest BCUT2D eigenvalue weighted by Gasteiger charge is 2.34. The van der Waals surface area contributed by atoms with Gasteiger partial charge in [-0.25, -0.2) is 0 Å².